The molecular formula is C18H29ClN2O2. The van der Waals surface area contributed by atoms with Gasteiger partial charge in [0.15, 0.2) is 0 Å². The second-order valence-electron chi connectivity index (χ2n) is 7.52. The van der Waals surface area contributed by atoms with Crippen molar-refractivity contribution < 1.29 is 10.2 Å². The minimum Gasteiger partial charge on any atom is -0.391 e. The van der Waals surface area contributed by atoms with Gasteiger partial charge in [0.25, 0.3) is 0 Å². The molecule has 2 atom stereocenters. The molecule has 0 radical (unpaired) electrons. The molecule has 1 fully saturated rings. The summed E-state index contributed by atoms with van der Waals surface area (Å²) in [6.45, 7) is 11.1. The van der Waals surface area contributed by atoms with Crippen LogP contribution in [0.5, 0.6) is 0 Å². The molecule has 23 heavy (non-hydrogen) atoms. The summed E-state index contributed by atoms with van der Waals surface area (Å²) in [7, 11) is 0. The largest absolute Gasteiger partial charge is 0.391 e. The molecule has 1 saturated heterocycles. The molecule has 0 aromatic heterocycles. The number of β-amino-alcohol motifs (C(OH)–C–C–N with tert-alkyl or cyclic N) is 2. The van der Waals surface area contributed by atoms with E-state index in [9.17, 15) is 10.2 Å². The highest BCUT2D eigenvalue weighted by Crippen LogP contribution is 2.24. The highest BCUT2D eigenvalue weighted by Gasteiger charge is 2.27. The van der Waals surface area contributed by atoms with E-state index in [1.54, 1.807) is 0 Å². The molecule has 0 bridgehead atoms. The summed E-state index contributed by atoms with van der Waals surface area (Å²) in [5.74, 6) is 0. The van der Waals surface area contributed by atoms with E-state index in [-0.39, 0.29) is 11.5 Å². The van der Waals surface area contributed by atoms with Crippen LogP contribution < -0.4 is 0 Å². The minimum atomic E-state index is -0.560. The van der Waals surface area contributed by atoms with E-state index in [4.69, 9.17) is 11.6 Å². The van der Waals surface area contributed by atoms with Crippen molar-refractivity contribution >= 4 is 11.6 Å². The topological polar surface area (TPSA) is 46.9 Å². The van der Waals surface area contributed by atoms with Crippen molar-refractivity contribution in [1.29, 1.82) is 0 Å². The fourth-order valence-corrected chi connectivity index (χ4v) is 3.02. The van der Waals surface area contributed by atoms with Gasteiger partial charge in [-0.15, -0.1) is 0 Å². The Morgan fingerprint density at radius 1 is 1.00 bits per heavy atom. The molecule has 1 aromatic rings. The van der Waals surface area contributed by atoms with Crippen molar-refractivity contribution in [2.24, 2.45) is 5.41 Å². The molecule has 0 unspecified atom stereocenters. The van der Waals surface area contributed by atoms with Gasteiger partial charge in [-0.05, 0) is 11.5 Å². The van der Waals surface area contributed by atoms with Gasteiger partial charge >= 0.3 is 0 Å². The maximum Gasteiger partial charge on any atom is 0.0931 e. The van der Waals surface area contributed by atoms with Crippen LogP contribution >= 0.6 is 11.6 Å². The quantitative estimate of drug-likeness (QED) is 0.864. The molecule has 0 saturated carbocycles. The van der Waals surface area contributed by atoms with E-state index in [1.807, 2.05) is 24.3 Å². The van der Waals surface area contributed by atoms with Gasteiger partial charge in [0.2, 0.25) is 0 Å². The van der Waals surface area contributed by atoms with Crippen LogP contribution in [0.1, 0.15) is 32.4 Å². The van der Waals surface area contributed by atoms with Gasteiger partial charge in [-0.1, -0.05) is 50.6 Å². The van der Waals surface area contributed by atoms with Gasteiger partial charge < -0.3 is 10.2 Å². The van der Waals surface area contributed by atoms with Crippen LogP contribution in [0, 0.1) is 5.41 Å². The van der Waals surface area contributed by atoms with Crippen LogP contribution in [0.3, 0.4) is 0 Å². The van der Waals surface area contributed by atoms with Gasteiger partial charge in [0.05, 0.1) is 12.2 Å². The Kier molecular flexibility index (Phi) is 6.46. The number of nitrogens with zero attached hydrogens (tertiary/aromatic N) is 2. The third kappa shape index (κ3) is 5.44. The lowest BCUT2D eigenvalue weighted by Gasteiger charge is -2.38. The summed E-state index contributed by atoms with van der Waals surface area (Å²) >= 11 is 6.15. The first kappa shape index (κ1) is 18.7. The zero-order valence-corrected chi connectivity index (χ0v) is 15.1. The lowest BCUT2D eigenvalue weighted by molar-refractivity contribution is 0.00719. The van der Waals surface area contributed by atoms with Crippen LogP contribution in [0.15, 0.2) is 24.3 Å². The normalized spacial score (nSPS) is 20.4. The summed E-state index contributed by atoms with van der Waals surface area (Å²) in [4.78, 5) is 4.56. The number of halogens is 1. The molecule has 130 valence electrons. The van der Waals surface area contributed by atoms with Crippen LogP contribution in [0.25, 0.3) is 0 Å². The number of rotatable bonds is 5. The molecule has 0 amide bonds. The SMILES string of the molecule is CC(C)(C)[C@H](O)CN1CCN(C[C@H](O)c2ccccc2Cl)CC1. The van der Waals surface area contributed by atoms with Gasteiger partial charge in [0, 0.05) is 49.9 Å². The fraction of sp³-hybridized carbons (Fsp3) is 0.667. The molecule has 4 nitrogen and oxygen atoms in total. The highest BCUT2D eigenvalue weighted by molar-refractivity contribution is 6.31. The highest BCUT2D eigenvalue weighted by atomic mass is 35.5. The van der Waals surface area contributed by atoms with Crippen LogP contribution in [-0.4, -0.2) is 65.4 Å². The Hall–Kier alpha value is -0.650. The Morgan fingerprint density at radius 2 is 1.52 bits per heavy atom. The second-order valence-corrected chi connectivity index (χ2v) is 7.93. The molecule has 1 aliphatic rings. The first-order valence-electron chi connectivity index (χ1n) is 8.32. The Morgan fingerprint density at radius 3 is 2.04 bits per heavy atom. The smallest absolute Gasteiger partial charge is 0.0931 e. The van der Waals surface area contributed by atoms with Crippen molar-refractivity contribution in [3.05, 3.63) is 34.9 Å². The van der Waals surface area contributed by atoms with Crippen molar-refractivity contribution in [1.82, 2.24) is 9.80 Å². The average molecular weight is 341 g/mol. The van der Waals surface area contributed by atoms with Gasteiger partial charge in [-0.25, -0.2) is 0 Å². The number of piperazine rings is 1. The third-order valence-electron chi connectivity index (χ3n) is 4.59. The first-order valence-corrected chi connectivity index (χ1v) is 8.70. The van der Waals surface area contributed by atoms with Crippen molar-refractivity contribution in [3.8, 4) is 0 Å². The molecule has 1 aromatic carbocycles. The van der Waals surface area contributed by atoms with E-state index in [2.05, 4.69) is 30.6 Å². The molecule has 5 heteroatoms. The summed E-state index contributed by atoms with van der Waals surface area (Å²) in [6, 6.07) is 7.46. The van der Waals surface area contributed by atoms with Crippen LogP contribution in [0.4, 0.5) is 0 Å². The molecule has 2 rings (SSSR count). The minimum absolute atomic E-state index is 0.0859. The molecular weight excluding hydrogens is 312 g/mol. The van der Waals surface area contributed by atoms with Crippen LogP contribution in [0.2, 0.25) is 5.02 Å². The van der Waals surface area contributed by atoms with Gasteiger partial charge in [-0.2, -0.15) is 0 Å². The number of aliphatic hydroxyl groups is 2. The van der Waals surface area contributed by atoms with E-state index < -0.39 is 6.10 Å². The maximum atomic E-state index is 10.4. The first-order chi connectivity index (χ1) is 10.8. The van der Waals surface area contributed by atoms with E-state index in [1.165, 1.54) is 0 Å². The van der Waals surface area contributed by atoms with Gasteiger partial charge in [0.1, 0.15) is 0 Å². The number of aliphatic hydroxyl groups excluding tert-OH is 2. The third-order valence-corrected chi connectivity index (χ3v) is 4.94. The molecule has 0 aliphatic carbocycles. The second kappa shape index (κ2) is 7.95. The average Bonchev–Trinajstić information content (AvgIpc) is 2.48. The molecule has 2 N–H and O–H groups in total. The lowest BCUT2D eigenvalue weighted by Crippen LogP contribution is -2.50. The van der Waals surface area contributed by atoms with Gasteiger partial charge in [-0.3, -0.25) is 9.80 Å². The maximum absolute atomic E-state index is 10.4. The Balaban J connectivity index is 1.80. The molecule has 1 aliphatic heterocycles. The van der Waals surface area contributed by atoms with Crippen molar-refractivity contribution in [2.45, 2.75) is 33.0 Å². The van der Waals surface area contributed by atoms with E-state index in [0.717, 1.165) is 31.7 Å². The summed E-state index contributed by atoms with van der Waals surface area (Å²) in [6.07, 6.45) is -0.877. The van der Waals surface area contributed by atoms with Crippen LogP contribution in [-0.2, 0) is 0 Å². The predicted octanol–water partition coefficient (Wildman–Crippen LogP) is 2.40. The Labute approximate surface area is 144 Å². The Bertz CT molecular complexity index is 496. The lowest BCUT2D eigenvalue weighted by atomic mass is 9.89. The summed E-state index contributed by atoms with van der Waals surface area (Å²) in [5, 5.41) is 21.2. The monoisotopic (exact) mass is 340 g/mol. The predicted molar refractivity (Wildman–Crippen MR) is 94.8 cm³/mol. The number of benzene rings is 1. The standard InChI is InChI=1S/C18H29ClN2O2/c1-18(2,3)17(23)13-21-10-8-20(9-11-21)12-16(22)14-6-4-5-7-15(14)19/h4-7,16-17,22-23H,8-13H2,1-3H3/t16-,17+/m0/s1. The van der Waals surface area contributed by atoms with E-state index >= 15 is 0 Å². The molecule has 0 spiro atoms. The zero-order valence-electron chi connectivity index (χ0n) is 14.4. The van der Waals surface area contributed by atoms with E-state index in [0.29, 0.717) is 18.1 Å². The van der Waals surface area contributed by atoms with Crippen molar-refractivity contribution in [2.75, 3.05) is 39.3 Å². The van der Waals surface area contributed by atoms with Crippen molar-refractivity contribution in [3.63, 3.8) is 0 Å². The fourth-order valence-electron chi connectivity index (χ4n) is 2.76. The molecule has 1 heterocycles. The zero-order chi connectivity index (χ0) is 17.0. The number of hydrogen-bond donors (Lipinski definition) is 2. The summed E-state index contributed by atoms with van der Waals surface area (Å²) in [5.41, 5.74) is 0.706. The summed E-state index contributed by atoms with van der Waals surface area (Å²) < 4.78 is 0. The number of hydrogen-bond acceptors (Lipinski definition) is 4.